The molecule has 9 heteroatoms. The molecule has 3 aromatic rings. The fraction of sp³-hybridized carbons (Fsp3) is 0.167. The second-order valence-corrected chi connectivity index (χ2v) is 8.75. The third-order valence-corrected chi connectivity index (χ3v) is 6.12. The van der Waals surface area contributed by atoms with E-state index in [2.05, 4.69) is 26.2 Å². The number of methoxy groups -OCH3 is 1. The standard InChI is InChI=1S/C18H16BrClN2O4S/c1-25-11-10-21-17-18(27(23,24)15-8-4-13(19)5-9-15)22-16(26-17)12-2-6-14(20)7-3-12/h2-9,21H,10-11H2,1H3. The highest BCUT2D eigenvalue weighted by Gasteiger charge is 2.28. The highest BCUT2D eigenvalue weighted by molar-refractivity contribution is 9.10. The monoisotopic (exact) mass is 470 g/mol. The van der Waals surface area contributed by atoms with Crippen LogP contribution in [0.3, 0.4) is 0 Å². The fourth-order valence-electron chi connectivity index (χ4n) is 2.31. The highest BCUT2D eigenvalue weighted by atomic mass is 79.9. The minimum Gasteiger partial charge on any atom is -0.419 e. The van der Waals surface area contributed by atoms with Gasteiger partial charge in [-0.25, -0.2) is 8.42 Å². The van der Waals surface area contributed by atoms with Crippen molar-refractivity contribution in [1.82, 2.24) is 4.98 Å². The van der Waals surface area contributed by atoms with E-state index in [1.807, 2.05) is 0 Å². The van der Waals surface area contributed by atoms with Crippen molar-refractivity contribution in [2.45, 2.75) is 9.92 Å². The second kappa shape index (κ2) is 8.43. The van der Waals surface area contributed by atoms with E-state index in [1.165, 1.54) is 12.1 Å². The Morgan fingerprint density at radius 1 is 1.15 bits per heavy atom. The van der Waals surface area contributed by atoms with Gasteiger partial charge in [0.1, 0.15) is 0 Å². The number of ether oxygens (including phenoxy) is 1. The van der Waals surface area contributed by atoms with Crippen LogP contribution in [0.25, 0.3) is 11.5 Å². The average molecular weight is 472 g/mol. The average Bonchev–Trinajstić information content (AvgIpc) is 3.08. The largest absolute Gasteiger partial charge is 0.419 e. The van der Waals surface area contributed by atoms with Gasteiger partial charge in [-0.2, -0.15) is 4.98 Å². The number of hydrogen-bond acceptors (Lipinski definition) is 6. The minimum absolute atomic E-state index is 0.0694. The summed E-state index contributed by atoms with van der Waals surface area (Å²) in [6.45, 7) is 0.753. The Bertz CT molecular complexity index is 1020. The lowest BCUT2D eigenvalue weighted by Gasteiger charge is -2.05. The number of nitrogens with one attached hydrogen (secondary N) is 1. The molecule has 0 fully saturated rings. The van der Waals surface area contributed by atoms with Crippen LogP contribution in [0.5, 0.6) is 0 Å². The van der Waals surface area contributed by atoms with Gasteiger partial charge < -0.3 is 14.5 Å². The summed E-state index contributed by atoms with van der Waals surface area (Å²) in [5.41, 5.74) is 0.617. The molecule has 0 radical (unpaired) electrons. The van der Waals surface area contributed by atoms with E-state index < -0.39 is 9.84 Å². The maximum absolute atomic E-state index is 13.1. The summed E-state index contributed by atoms with van der Waals surface area (Å²) in [6.07, 6.45) is 0. The predicted molar refractivity (Wildman–Crippen MR) is 107 cm³/mol. The fourth-order valence-corrected chi connectivity index (χ4v) is 3.98. The Balaban J connectivity index is 2.06. The van der Waals surface area contributed by atoms with E-state index in [0.717, 1.165) is 4.47 Å². The number of hydrogen-bond donors (Lipinski definition) is 1. The lowest BCUT2D eigenvalue weighted by Crippen LogP contribution is -2.11. The van der Waals surface area contributed by atoms with Crippen molar-refractivity contribution in [3.05, 3.63) is 58.0 Å². The lowest BCUT2D eigenvalue weighted by molar-refractivity contribution is 0.210. The molecule has 0 aliphatic carbocycles. The molecule has 1 heterocycles. The van der Waals surface area contributed by atoms with Crippen LogP contribution >= 0.6 is 27.5 Å². The summed E-state index contributed by atoms with van der Waals surface area (Å²) < 4.78 is 37.6. The zero-order chi connectivity index (χ0) is 19.4. The molecule has 1 N–H and O–H groups in total. The molecule has 0 aliphatic heterocycles. The number of aromatic nitrogens is 1. The van der Waals surface area contributed by atoms with Crippen LogP contribution in [0.1, 0.15) is 0 Å². The van der Waals surface area contributed by atoms with Crippen molar-refractivity contribution >= 4 is 43.3 Å². The van der Waals surface area contributed by atoms with Crippen molar-refractivity contribution in [2.24, 2.45) is 0 Å². The van der Waals surface area contributed by atoms with Gasteiger partial charge in [0.25, 0.3) is 0 Å². The van der Waals surface area contributed by atoms with Crippen molar-refractivity contribution < 1.29 is 17.6 Å². The smallest absolute Gasteiger partial charge is 0.233 e. The van der Waals surface area contributed by atoms with Crippen LogP contribution in [0.15, 0.2) is 67.3 Å². The van der Waals surface area contributed by atoms with Crippen LogP contribution in [0.4, 0.5) is 5.88 Å². The number of halogens is 2. The Morgan fingerprint density at radius 3 is 2.44 bits per heavy atom. The van der Waals surface area contributed by atoms with E-state index in [4.69, 9.17) is 20.8 Å². The van der Waals surface area contributed by atoms with Crippen LogP contribution in [0.2, 0.25) is 5.02 Å². The van der Waals surface area contributed by atoms with E-state index in [0.29, 0.717) is 23.7 Å². The Hall–Kier alpha value is -1.87. The quantitative estimate of drug-likeness (QED) is 0.505. The zero-order valence-corrected chi connectivity index (χ0v) is 17.4. The molecular weight excluding hydrogens is 456 g/mol. The molecule has 0 saturated carbocycles. The van der Waals surface area contributed by atoms with Crippen molar-refractivity contribution in [3.63, 3.8) is 0 Å². The maximum Gasteiger partial charge on any atom is 0.233 e. The maximum atomic E-state index is 13.1. The molecule has 27 heavy (non-hydrogen) atoms. The summed E-state index contributed by atoms with van der Waals surface area (Å²) in [4.78, 5) is 4.37. The summed E-state index contributed by atoms with van der Waals surface area (Å²) in [6, 6.07) is 13.1. The van der Waals surface area contributed by atoms with Crippen molar-refractivity contribution in [2.75, 3.05) is 25.6 Å². The summed E-state index contributed by atoms with van der Waals surface area (Å²) in [5, 5.41) is 3.32. The first-order chi connectivity index (χ1) is 12.9. The molecule has 0 atom stereocenters. The van der Waals surface area contributed by atoms with E-state index >= 15 is 0 Å². The van der Waals surface area contributed by atoms with Gasteiger partial charge in [-0.15, -0.1) is 0 Å². The van der Waals surface area contributed by atoms with Crippen molar-refractivity contribution in [3.8, 4) is 11.5 Å². The molecule has 0 aliphatic rings. The van der Waals surface area contributed by atoms with E-state index in [9.17, 15) is 8.42 Å². The first kappa shape index (κ1) is 19.9. The number of sulfone groups is 1. The summed E-state index contributed by atoms with van der Waals surface area (Å²) >= 11 is 9.21. The number of rotatable bonds is 7. The Kier molecular flexibility index (Phi) is 6.21. The SMILES string of the molecule is COCCNc1oc(-c2ccc(Cl)cc2)nc1S(=O)(=O)c1ccc(Br)cc1. The van der Waals surface area contributed by atoms with Gasteiger partial charge in [-0.1, -0.05) is 27.5 Å². The molecule has 2 aromatic carbocycles. The molecular formula is C18H16BrClN2O4S. The topological polar surface area (TPSA) is 81.4 Å². The third kappa shape index (κ3) is 4.52. The second-order valence-electron chi connectivity index (χ2n) is 5.54. The first-order valence-corrected chi connectivity index (χ1v) is 10.6. The van der Waals surface area contributed by atoms with Gasteiger partial charge in [0.15, 0.2) is 0 Å². The minimum atomic E-state index is -3.87. The van der Waals surface area contributed by atoms with E-state index in [-0.39, 0.29) is 21.7 Å². The van der Waals surface area contributed by atoms with Gasteiger partial charge in [0.05, 0.1) is 11.5 Å². The Morgan fingerprint density at radius 2 is 1.81 bits per heavy atom. The van der Waals surface area contributed by atoms with E-state index in [1.54, 1.807) is 43.5 Å². The van der Waals surface area contributed by atoms with Gasteiger partial charge in [-0.3, -0.25) is 0 Å². The molecule has 1 aromatic heterocycles. The Labute approximate surface area is 170 Å². The number of anilines is 1. The molecule has 0 bridgehead atoms. The van der Waals surface area contributed by atoms with Gasteiger partial charge in [0.2, 0.25) is 26.6 Å². The molecule has 0 saturated heterocycles. The van der Waals surface area contributed by atoms with Crippen molar-refractivity contribution in [1.29, 1.82) is 0 Å². The molecule has 0 spiro atoms. The zero-order valence-electron chi connectivity index (χ0n) is 14.3. The molecule has 6 nitrogen and oxygen atoms in total. The number of oxazole rings is 1. The van der Waals surface area contributed by atoms with Crippen LogP contribution in [-0.2, 0) is 14.6 Å². The van der Waals surface area contributed by atoms with Crippen LogP contribution in [-0.4, -0.2) is 33.7 Å². The van der Waals surface area contributed by atoms with Gasteiger partial charge in [-0.05, 0) is 48.5 Å². The molecule has 142 valence electrons. The molecule has 0 amide bonds. The van der Waals surface area contributed by atoms with Crippen LogP contribution in [0, 0.1) is 0 Å². The third-order valence-electron chi connectivity index (χ3n) is 3.66. The van der Waals surface area contributed by atoms with Crippen LogP contribution < -0.4 is 5.32 Å². The number of benzene rings is 2. The lowest BCUT2D eigenvalue weighted by atomic mass is 10.2. The highest BCUT2D eigenvalue weighted by Crippen LogP contribution is 2.33. The predicted octanol–water partition coefficient (Wildman–Crippen LogP) is 4.65. The summed E-state index contributed by atoms with van der Waals surface area (Å²) in [5.74, 6) is 0.252. The summed E-state index contributed by atoms with van der Waals surface area (Å²) in [7, 11) is -2.32. The van der Waals surface area contributed by atoms with Gasteiger partial charge >= 0.3 is 0 Å². The van der Waals surface area contributed by atoms with Gasteiger partial charge in [0, 0.05) is 28.7 Å². The number of nitrogens with zero attached hydrogens (tertiary/aromatic N) is 1. The normalized spacial score (nSPS) is 11.5. The molecule has 0 unspecified atom stereocenters. The first-order valence-electron chi connectivity index (χ1n) is 7.92. The molecule has 3 rings (SSSR count).